The van der Waals surface area contributed by atoms with Gasteiger partial charge >= 0.3 is 5.97 Å². The van der Waals surface area contributed by atoms with Crippen LogP contribution in [0.1, 0.15) is 380 Å². The van der Waals surface area contributed by atoms with Gasteiger partial charge in [0.1, 0.15) is 0 Å². The summed E-state index contributed by atoms with van der Waals surface area (Å²) in [4.78, 5) is 24.5. The average molecular weight is 1080 g/mol. The summed E-state index contributed by atoms with van der Waals surface area (Å²) in [5, 5.41) is 23.1. The standard InChI is InChI=1S/C71H135NO5/c1-3-5-7-9-11-13-15-40-45-49-53-57-61-65-71(76)77-66-62-58-54-50-46-42-39-37-35-33-31-29-27-25-23-21-19-17-18-20-22-24-26-28-30-32-34-36-38-41-44-48-52-56-60-64-70(75)72-68(67-73)69(74)63-59-55-51-47-43-16-14-12-10-8-6-4-2/h19,21,25,27,59,63,68-69,73-74H,3-18,20,22-24,26,28-58,60-62,64-67H2,1-2H3,(H,72,75)/b21-19-,27-25-,63-59+. The van der Waals surface area contributed by atoms with Crippen molar-refractivity contribution in [3.8, 4) is 0 Å². The first kappa shape index (κ1) is 75.1. The second-order valence-electron chi connectivity index (χ2n) is 23.9. The molecule has 0 aromatic carbocycles. The Kier molecular flexibility index (Phi) is 64.9. The second kappa shape index (κ2) is 66.6. The number of ether oxygens (including phenoxy) is 1. The molecule has 2 unspecified atom stereocenters. The van der Waals surface area contributed by atoms with E-state index in [0.717, 1.165) is 44.9 Å². The predicted octanol–water partition coefficient (Wildman–Crippen LogP) is 22.3. The van der Waals surface area contributed by atoms with Crippen molar-refractivity contribution in [2.75, 3.05) is 13.2 Å². The molecular weight excluding hydrogens is 947 g/mol. The summed E-state index contributed by atoms with van der Waals surface area (Å²) in [6.45, 7) is 4.92. The molecule has 0 rings (SSSR count). The van der Waals surface area contributed by atoms with E-state index in [2.05, 4.69) is 43.5 Å². The smallest absolute Gasteiger partial charge is 0.305 e. The molecule has 454 valence electrons. The molecule has 0 spiro atoms. The van der Waals surface area contributed by atoms with Crippen molar-refractivity contribution in [1.29, 1.82) is 0 Å². The molecule has 6 nitrogen and oxygen atoms in total. The van der Waals surface area contributed by atoms with Crippen molar-refractivity contribution in [3.63, 3.8) is 0 Å². The van der Waals surface area contributed by atoms with Crippen LogP contribution in [-0.4, -0.2) is 47.4 Å². The maximum atomic E-state index is 12.4. The number of rotatable bonds is 65. The highest BCUT2D eigenvalue weighted by molar-refractivity contribution is 5.76. The van der Waals surface area contributed by atoms with Gasteiger partial charge in [-0.1, -0.05) is 339 Å². The van der Waals surface area contributed by atoms with E-state index in [1.807, 2.05) is 6.08 Å². The van der Waals surface area contributed by atoms with E-state index in [0.29, 0.717) is 19.4 Å². The van der Waals surface area contributed by atoms with Crippen molar-refractivity contribution in [1.82, 2.24) is 5.32 Å². The summed E-state index contributed by atoms with van der Waals surface area (Å²) >= 11 is 0. The van der Waals surface area contributed by atoms with Crippen LogP contribution in [0, 0.1) is 0 Å². The molecule has 0 radical (unpaired) electrons. The number of esters is 1. The van der Waals surface area contributed by atoms with Gasteiger partial charge in [-0.2, -0.15) is 0 Å². The SMILES string of the molecule is CCCCCCCCCCCC/C=C/C(O)C(CO)NC(=O)CCCCCCCCCCCCCCCCCCC/C=C\C/C=C\CCCCCCCCCCCCCOC(=O)CCCCCCCCCCCCCCC. The van der Waals surface area contributed by atoms with Gasteiger partial charge in [0.2, 0.25) is 5.91 Å². The molecule has 0 aromatic heterocycles. The molecule has 6 heteroatoms. The van der Waals surface area contributed by atoms with Gasteiger partial charge in [0, 0.05) is 12.8 Å². The lowest BCUT2D eigenvalue weighted by Gasteiger charge is -2.20. The van der Waals surface area contributed by atoms with Crippen LogP contribution < -0.4 is 5.32 Å². The lowest BCUT2D eigenvalue weighted by Crippen LogP contribution is -2.45. The second-order valence-corrected chi connectivity index (χ2v) is 23.9. The van der Waals surface area contributed by atoms with Crippen LogP contribution in [0.15, 0.2) is 36.5 Å². The van der Waals surface area contributed by atoms with E-state index in [1.165, 1.54) is 308 Å². The topological polar surface area (TPSA) is 95.9 Å². The predicted molar refractivity (Wildman–Crippen MR) is 338 cm³/mol. The molecule has 0 saturated carbocycles. The molecule has 1 amide bonds. The molecule has 3 N–H and O–H groups in total. The fraction of sp³-hybridized carbons (Fsp3) is 0.887. The lowest BCUT2D eigenvalue weighted by atomic mass is 10.0. The first-order valence-corrected chi connectivity index (χ1v) is 34.8. The number of hydrogen-bond donors (Lipinski definition) is 3. The third-order valence-corrected chi connectivity index (χ3v) is 16.2. The number of carbonyl (C=O) groups is 2. The van der Waals surface area contributed by atoms with Gasteiger partial charge in [-0.15, -0.1) is 0 Å². The van der Waals surface area contributed by atoms with Gasteiger partial charge in [0.05, 0.1) is 25.4 Å². The van der Waals surface area contributed by atoms with Gasteiger partial charge < -0.3 is 20.3 Å². The average Bonchev–Trinajstić information content (AvgIpc) is 3.43. The molecule has 0 aliphatic heterocycles. The molecule has 77 heavy (non-hydrogen) atoms. The van der Waals surface area contributed by atoms with Crippen LogP contribution in [0.5, 0.6) is 0 Å². The van der Waals surface area contributed by atoms with Gasteiger partial charge in [-0.3, -0.25) is 9.59 Å². The van der Waals surface area contributed by atoms with E-state index in [9.17, 15) is 19.8 Å². The summed E-state index contributed by atoms with van der Waals surface area (Å²) in [5.41, 5.74) is 0. The normalized spacial score (nSPS) is 12.7. The Labute approximate surface area is 481 Å². The first-order valence-electron chi connectivity index (χ1n) is 34.8. The Bertz CT molecular complexity index is 1250. The number of hydrogen-bond acceptors (Lipinski definition) is 5. The zero-order valence-corrected chi connectivity index (χ0v) is 52.0. The lowest BCUT2D eigenvalue weighted by molar-refractivity contribution is -0.143. The molecule has 0 heterocycles. The maximum Gasteiger partial charge on any atom is 0.305 e. The Morgan fingerprint density at radius 2 is 0.649 bits per heavy atom. The Morgan fingerprint density at radius 1 is 0.364 bits per heavy atom. The highest BCUT2D eigenvalue weighted by atomic mass is 16.5. The third-order valence-electron chi connectivity index (χ3n) is 16.2. The van der Waals surface area contributed by atoms with Crippen molar-refractivity contribution in [2.45, 2.75) is 392 Å². The molecule has 2 atom stereocenters. The molecule has 0 aliphatic carbocycles. The van der Waals surface area contributed by atoms with Gasteiger partial charge in [0.15, 0.2) is 0 Å². The minimum Gasteiger partial charge on any atom is -0.466 e. The number of amides is 1. The van der Waals surface area contributed by atoms with Gasteiger partial charge in [-0.25, -0.2) is 0 Å². The fourth-order valence-corrected chi connectivity index (χ4v) is 10.8. The maximum absolute atomic E-state index is 12.4. The Morgan fingerprint density at radius 3 is 0.987 bits per heavy atom. The Balaban J connectivity index is 3.37. The largest absolute Gasteiger partial charge is 0.466 e. The number of unbranched alkanes of at least 4 members (excludes halogenated alkanes) is 50. The quantitative estimate of drug-likeness (QED) is 0.0320. The van der Waals surface area contributed by atoms with Crippen LogP contribution in [-0.2, 0) is 14.3 Å². The van der Waals surface area contributed by atoms with Crippen molar-refractivity contribution in [2.24, 2.45) is 0 Å². The minimum atomic E-state index is -0.841. The number of aliphatic hydroxyl groups excluding tert-OH is 2. The number of allylic oxidation sites excluding steroid dienone is 5. The number of nitrogens with one attached hydrogen (secondary N) is 1. The highest BCUT2D eigenvalue weighted by Crippen LogP contribution is 2.18. The molecule has 0 saturated heterocycles. The van der Waals surface area contributed by atoms with E-state index < -0.39 is 12.1 Å². The zero-order valence-electron chi connectivity index (χ0n) is 52.0. The molecule has 0 aliphatic rings. The van der Waals surface area contributed by atoms with Gasteiger partial charge in [-0.05, 0) is 64.2 Å². The van der Waals surface area contributed by atoms with Gasteiger partial charge in [0.25, 0.3) is 0 Å². The van der Waals surface area contributed by atoms with E-state index in [-0.39, 0.29) is 18.5 Å². The molecule has 0 bridgehead atoms. The van der Waals surface area contributed by atoms with E-state index in [1.54, 1.807) is 6.08 Å². The number of aliphatic hydroxyl groups is 2. The first-order chi connectivity index (χ1) is 38.0. The molecule has 0 fully saturated rings. The van der Waals surface area contributed by atoms with Crippen molar-refractivity contribution in [3.05, 3.63) is 36.5 Å². The summed E-state index contributed by atoms with van der Waals surface area (Å²) in [7, 11) is 0. The van der Waals surface area contributed by atoms with Crippen molar-refractivity contribution < 1.29 is 24.5 Å². The third kappa shape index (κ3) is 63.1. The fourth-order valence-electron chi connectivity index (χ4n) is 10.8. The molecule has 0 aromatic rings. The summed E-state index contributed by atoms with van der Waals surface area (Å²) in [6.07, 6.45) is 85.2. The van der Waals surface area contributed by atoms with Crippen LogP contribution in [0.2, 0.25) is 0 Å². The summed E-state index contributed by atoms with van der Waals surface area (Å²) < 4.78 is 5.49. The minimum absolute atomic E-state index is 0.0183. The van der Waals surface area contributed by atoms with E-state index >= 15 is 0 Å². The van der Waals surface area contributed by atoms with Crippen LogP contribution >= 0.6 is 0 Å². The van der Waals surface area contributed by atoms with Crippen LogP contribution in [0.4, 0.5) is 0 Å². The highest BCUT2D eigenvalue weighted by Gasteiger charge is 2.18. The number of carbonyl (C=O) groups excluding carboxylic acids is 2. The summed E-state index contributed by atoms with van der Waals surface area (Å²) in [6, 6.07) is -0.625. The van der Waals surface area contributed by atoms with Crippen molar-refractivity contribution >= 4 is 11.9 Å². The Hall–Kier alpha value is -1.92. The zero-order chi connectivity index (χ0) is 55.7. The monoisotopic (exact) mass is 1080 g/mol. The van der Waals surface area contributed by atoms with Crippen LogP contribution in [0.3, 0.4) is 0 Å². The molecular formula is C71H135NO5. The van der Waals surface area contributed by atoms with Crippen LogP contribution in [0.25, 0.3) is 0 Å². The summed E-state index contributed by atoms with van der Waals surface area (Å²) in [5.74, 6) is -0.0467. The van der Waals surface area contributed by atoms with E-state index in [4.69, 9.17) is 4.74 Å².